The second-order valence-electron chi connectivity index (χ2n) is 7.36. The quantitative estimate of drug-likeness (QED) is 0.906. The third-order valence-electron chi connectivity index (χ3n) is 5.65. The van der Waals surface area contributed by atoms with Crippen molar-refractivity contribution >= 4 is 0 Å². The summed E-state index contributed by atoms with van der Waals surface area (Å²) in [5.74, 6) is 2.43. The summed E-state index contributed by atoms with van der Waals surface area (Å²) in [5, 5.41) is 14.5. The Morgan fingerprint density at radius 2 is 1.83 bits per heavy atom. The lowest BCUT2D eigenvalue weighted by atomic mass is 9.90. The van der Waals surface area contributed by atoms with Crippen molar-refractivity contribution in [2.75, 3.05) is 13.1 Å². The molecule has 1 aromatic rings. The summed E-state index contributed by atoms with van der Waals surface area (Å²) in [7, 11) is 0. The van der Waals surface area contributed by atoms with E-state index in [0.29, 0.717) is 12.5 Å². The van der Waals surface area contributed by atoms with Gasteiger partial charge in [-0.05, 0) is 52.1 Å². The summed E-state index contributed by atoms with van der Waals surface area (Å²) in [5.41, 5.74) is 0. The highest BCUT2D eigenvalue weighted by molar-refractivity contribution is 5.02. The van der Waals surface area contributed by atoms with E-state index in [1.165, 1.54) is 58.0 Å². The van der Waals surface area contributed by atoms with Gasteiger partial charge < -0.3 is 10.0 Å². The number of hydrogen-bond acceptors (Lipinski definition) is 4. The van der Waals surface area contributed by atoms with Gasteiger partial charge in [0.1, 0.15) is 11.6 Å². The summed E-state index contributed by atoms with van der Waals surface area (Å²) < 4.78 is 1.96. The molecule has 3 rings (SSSR count). The van der Waals surface area contributed by atoms with Gasteiger partial charge in [0.15, 0.2) is 0 Å². The molecular formula is C18H32N4O. The maximum absolute atomic E-state index is 9.96. The van der Waals surface area contributed by atoms with Crippen molar-refractivity contribution in [1.82, 2.24) is 19.7 Å². The first kappa shape index (κ1) is 16.9. The van der Waals surface area contributed by atoms with Crippen LogP contribution in [0.4, 0.5) is 0 Å². The molecule has 0 unspecified atom stereocenters. The molecule has 1 aliphatic carbocycles. The minimum Gasteiger partial charge on any atom is -0.391 e. The Bertz CT molecular complexity index is 487. The van der Waals surface area contributed by atoms with Gasteiger partial charge in [-0.25, -0.2) is 9.67 Å². The standard InChI is InChI=1S/C18H32N4O/c1-3-17(23)13-22-18(19-14(2)20-22)15-9-11-21(12-10-15)16-7-5-4-6-8-16/h15-17,23H,3-13H2,1-2H3/t17-/m0/s1. The van der Waals surface area contributed by atoms with E-state index in [-0.39, 0.29) is 6.10 Å². The van der Waals surface area contributed by atoms with Gasteiger partial charge in [-0.1, -0.05) is 26.2 Å². The molecule has 0 amide bonds. The van der Waals surface area contributed by atoms with Crippen molar-refractivity contribution in [2.24, 2.45) is 0 Å². The molecule has 1 N–H and O–H groups in total. The Morgan fingerprint density at radius 1 is 1.13 bits per heavy atom. The second-order valence-corrected chi connectivity index (χ2v) is 7.36. The van der Waals surface area contributed by atoms with E-state index in [4.69, 9.17) is 0 Å². The fraction of sp³-hybridized carbons (Fsp3) is 0.889. The zero-order chi connectivity index (χ0) is 16.2. The Balaban J connectivity index is 1.60. The van der Waals surface area contributed by atoms with Crippen molar-refractivity contribution in [3.05, 3.63) is 11.6 Å². The molecular weight excluding hydrogens is 288 g/mol. The number of aromatic nitrogens is 3. The van der Waals surface area contributed by atoms with Gasteiger partial charge in [-0.2, -0.15) is 5.10 Å². The van der Waals surface area contributed by atoms with Crippen LogP contribution in [0, 0.1) is 6.92 Å². The number of aliphatic hydroxyl groups is 1. The third-order valence-corrected chi connectivity index (χ3v) is 5.65. The smallest absolute Gasteiger partial charge is 0.147 e. The van der Waals surface area contributed by atoms with E-state index >= 15 is 0 Å². The summed E-state index contributed by atoms with van der Waals surface area (Å²) >= 11 is 0. The van der Waals surface area contributed by atoms with E-state index < -0.39 is 0 Å². The van der Waals surface area contributed by atoms with Crippen LogP contribution in [0.5, 0.6) is 0 Å². The van der Waals surface area contributed by atoms with Crippen molar-refractivity contribution in [1.29, 1.82) is 0 Å². The molecule has 1 saturated carbocycles. The number of likely N-dealkylation sites (tertiary alicyclic amines) is 1. The molecule has 1 aromatic heterocycles. The molecule has 5 nitrogen and oxygen atoms in total. The Hall–Kier alpha value is -0.940. The monoisotopic (exact) mass is 320 g/mol. The van der Waals surface area contributed by atoms with Crippen LogP contribution in [-0.4, -0.2) is 50.0 Å². The molecule has 0 spiro atoms. The molecule has 0 bridgehead atoms. The molecule has 2 aliphatic rings. The number of hydrogen-bond donors (Lipinski definition) is 1. The molecule has 5 heteroatoms. The predicted molar refractivity (Wildman–Crippen MR) is 91.5 cm³/mol. The van der Waals surface area contributed by atoms with Gasteiger partial charge in [0, 0.05) is 12.0 Å². The predicted octanol–water partition coefficient (Wildman–Crippen LogP) is 2.87. The average molecular weight is 320 g/mol. The van der Waals surface area contributed by atoms with Gasteiger partial charge in [-0.3, -0.25) is 0 Å². The Morgan fingerprint density at radius 3 is 2.48 bits per heavy atom. The topological polar surface area (TPSA) is 54.2 Å². The highest BCUT2D eigenvalue weighted by Gasteiger charge is 2.29. The average Bonchev–Trinajstić information content (AvgIpc) is 2.96. The summed E-state index contributed by atoms with van der Waals surface area (Å²) in [6.45, 7) is 6.93. The number of nitrogens with zero attached hydrogens (tertiary/aromatic N) is 4. The minimum absolute atomic E-state index is 0.322. The summed E-state index contributed by atoms with van der Waals surface area (Å²) in [6.07, 6.45) is 9.82. The second kappa shape index (κ2) is 7.75. The number of aliphatic hydroxyl groups excluding tert-OH is 1. The number of aryl methyl sites for hydroxylation is 1. The molecule has 0 radical (unpaired) electrons. The third kappa shape index (κ3) is 4.13. The fourth-order valence-electron chi connectivity index (χ4n) is 4.21. The van der Waals surface area contributed by atoms with E-state index in [2.05, 4.69) is 15.0 Å². The molecule has 1 atom stereocenters. The van der Waals surface area contributed by atoms with Crippen LogP contribution in [0.3, 0.4) is 0 Å². The largest absolute Gasteiger partial charge is 0.391 e. The van der Waals surface area contributed by atoms with Crippen LogP contribution in [0.25, 0.3) is 0 Å². The maximum Gasteiger partial charge on any atom is 0.147 e. The van der Waals surface area contributed by atoms with Gasteiger partial charge in [-0.15, -0.1) is 0 Å². The van der Waals surface area contributed by atoms with Crippen LogP contribution in [0.15, 0.2) is 0 Å². The molecule has 2 heterocycles. The molecule has 2 fully saturated rings. The van der Waals surface area contributed by atoms with Crippen molar-refractivity contribution in [3.8, 4) is 0 Å². The van der Waals surface area contributed by atoms with Crippen LogP contribution >= 0.6 is 0 Å². The van der Waals surface area contributed by atoms with Crippen LogP contribution in [0.2, 0.25) is 0 Å². The van der Waals surface area contributed by atoms with Crippen molar-refractivity contribution in [2.45, 2.75) is 89.8 Å². The van der Waals surface area contributed by atoms with E-state index in [1.807, 2.05) is 18.5 Å². The first-order valence-corrected chi connectivity index (χ1v) is 9.50. The zero-order valence-corrected chi connectivity index (χ0v) is 14.7. The van der Waals surface area contributed by atoms with Crippen LogP contribution < -0.4 is 0 Å². The highest BCUT2D eigenvalue weighted by atomic mass is 16.3. The van der Waals surface area contributed by atoms with Crippen LogP contribution in [0.1, 0.15) is 75.9 Å². The number of piperidine rings is 1. The van der Waals surface area contributed by atoms with Gasteiger partial charge in [0.25, 0.3) is 0 Å². The summed E-state index contributed by atoms with van der Waals surface area (Å²) in [6, 6.07) is 0.825. The highest BCUT2D eigenvalue weighted by Crippen LogP contribution is 2.31. The summed E-state index contributed by atoms with van der Waals surface area (Å²) in [4.78, 5) is 7.39. The van der Waals surface area contributed by atoms with Crippen molar-refractivity contribution in [3.63, 3.8) is 0 Å². The first-order chi connectivity index (χ1) is 11.2. The molecule has 130 valence electrons. The van der Waals surface area contributed by atoms with E-state index in [0.717, 1.165) is 24.1 Å². The maximum atomic E-state index is 9.96. The van der Waals surface area contributed by atoms with Gasteiger partial charge in [0.05, 0.1) is 12.6 Å². The lowest BCUT2D eigenvalue weighted by Crippen LogP contribution is -2.42. The molecule has 23 heavy (non-hydrogen) atoms. The fourth-order valence-corrected chi connectivity index (χ4v) is 4.21. The van der Waals surface area contributed by atoms with Gasteiger partial charge >= 0.3 is 0 Å². The Labute approximate surface area is 140 Å². The zero-order valence-electron chi connectivity index (χ0n) is 14.7. The SMILES string of the molecule is CC[C@H](O)Cn1nc(C)nc1C1CCN(C2CCCCC2)CC1. The molecule has 1 aliphatic heterocycles. The normalized spacial score (nSPS) is 23.3. The lowest BCUT2D eigenvalue weighted by Gasteiger charge is -2.39. The Kier molecular flexibility index (Phi) is 5.70. The van der Waals surface area contributed by atoms with Crippen molar-refractivity contribution < 1.29 is 5.11 Å². The molecule has 0 aromatic carbocycles. The van der Waals surface area contributed by atoms with E-state index in [9.17, 15) is 5.11 Å². The van der Waals surface area contributed by atoms with E-state index in [1.54, 1.807) is 0 Å². The van der Waals surface area contributed by atoms with Gasteiger partial charge in [0.2, 0.25) is 0 Å². The first-order valence-electron chi connectivity index (χ1n) is 9.50. The lowest BCUT2D eigenvalue weighted by molar-refractivity contribution is 0.116. The van der Waals surface area contributed by atoms with Crippen LogP contribution in [-0.2, 0) is 6.54 Å². The number of rotatable bonds is 5. The minimum atomic E-state index is -0.322. The molecule has 1 saturated heterocycles.